The van der Waals surface area contributed by atoms with Gasteiger partial charge in [-0.3, -0.25) is 0 Å². The van der Waals surface area contributed by atoms with Crippen LogP contribution in [0.4, 0.5) is 0 Å². The lowest BCUT2D eigenvalue weighted by atomic mass is 10.8. The van der Waals surface area contributed by atoms with Gasteiger partial charge in [0.15, 0.2) is 0 Å². The van der Waals surface area contributed by atoms with Gasteiger partial charge in [-0.05, 0) is 0 Å². The number of hydrogen-bond donors (Lipinski definition) is 0. The van der Waals surface area contributed by atoms with Crippen molar-refractivity contribution in [3.05, 3.63) is 0 Å². The summed E-state index contributed by atoms with van der Waals surface area (Å²) in [6.07, 6.45) is 1.75. The third kappa shape index (κ3) is 0.727. The molecule has 0 radical (unpaired) electrons. The van der Waals surface area contributed by atoms with Crippen LogP contribution in [0.1, 0.15) is 6.42 Å². The first-order valence-electron chi connectivity index (χ1n) is 2.78. The average Bonchev–Trinajstić information content (AvgIpc) is 2.36. The molecule has 0 spiro atoms. The molecule has 3 nitrogen and oxygen atoms in total. The highest BCUT2D eigenvalue weighted by molar-refractivity contribution is 4.89. The van der Waals surface area contributed by atoms with E-state index >= 15 is 0 Å². The Labute approximate surface area is 47.5 Å². The van der Waals surface area contributed by atoms with E-state index in [1.807, 2.05) is 0 Å². The van der Waals surface area contributed by atoms with Crippen molar-refractivity contribution in [2.24, 2.45) is 0 Å². The van der Waals surface area contributed by atoms with Crippen molar-refractivity contribution >= 4 is 0 Å². The molecule has 0 aromatic rings. The molecule has 1 heterocycles. The van der Waals surface area contributed by atoms with Gasteiger partial charge in [-0.1, -0.05) is 0 Å². The molecule has 2 aliphatic rings. The summed E-state index contributed by atoms with van der Waals surface area (Å²) < 4.78 is 15.1. The highest BCUT2D eigenvalue weighted by Gasteiger charge is 2.40. The molecular weight excluding hydrogens is 108 g/mol. The van der Waals surface area contributed by atoms with Crippen molar-refractivity contribution < 1.29 is 14.2 Å². The first kappa shape index (κ1) is 4.73. The first-order valence-corrected chi connectivity index (χ1v) is 2.78. The average molecular weight is 116 g/mol. The Morgan fingerprint density at radius 1 is 1.00 bits per heavy atom. The summed E-state index contributed by atoms with van der Waals surface area (Å²) in [6, 6.07) is 0. The van der Waals surface area contributed by atoms with Crippen LogP contribution < -0.4 is 0 Å². The highest BCUT2D eigenvalue weighted by atomic mass is 16.8. The van der Waals surface area contributed by atoms with E-state index in [1.54, 1.807) is 0 Å². The number of hydrogen-bond acceptors (Lipinski definition) is 3. The Morgan fingerprint density at radius 3 is 2.25 bits per heavy atom. The first-order chi connectivity index (χ1) is 3.97. The van der Waals surface area contributed by atoms with Gasteiger partial charge in [0.05, 0.1) is 12.2 Å². The Balaban J connectivity index is 1.89. The maximum absolute atomic E-state index is 5.13. The SMILES string of the molecule is C1OCOC2CC2O1. The summed E-state index contributed by atoms with van der Waals surface area (Å²) in [6.45, 7) is 0.808. The molecule has 1 aliphatic carbocycles. The predicted molar refractivity (Wildman–Crippen MR) is 25.2 cm³/mol. The fourth-order valence-electron chi connectivity index (χ4n) is 0.806. The second-order valence-electron chi connectivity index (χ2n) is 2.09. The van der Waals surface area contributed by atoms with Gasteiger partial charge in [-0.2, -0.15) is 0 Å². The van der Waals surface area contributed by atoms with E-state index in [2.05, 4.69) is 0 Å². The van der Waals surface area contributed by atoms with Crippen LogP contribution in [0.5, 0.6) is 0 Å². The lowest BCUT2D eigenvalue weighted by Gasteiger charge is -1.96. The minimum absolute atomic E-state index is 0.345. The molecule has 8 heavy (non-hydrogen) atoms. The number of fused-ring (bicyclic) bond motifs is 1. The standard InChI is InChI=1S/C5H8O3/c1-4-5(1)8-3-6-2-7-4/h4-5H,1-3H2. The van der Waals surface area contributed by atoms with E-state index in [1.165, 1.54) is 0 Å². The van der Waals surface area contributed by atoms with Crippen LogP contribution in [-0.2, 0) is 14.2 Å². The molecule has 2 unspecified atom stereocenters. The van der Waals surface area contributed by atoms with Crippen molar-refractivity contribution in [1.82, 2.24) is 0 Å². The van der Waals surface area contributed by atoms with Crippen molar-refractivity contribution in [3.8, 4) is 0 Å². The molecule has 1 aliphatic heterocycles. The van der Waals surface area contributed by atoms with Crippen LogP contribution in [0.3, 0.4) is 0 Å². The largest absolute Gasteiger partial charge is 0.349 e. The van der Waals surface area contributed by atoms with Gasteiger partial charge in [0.25, 0.3) is 0 Å². The second-order valence-corrected chi connectivity index (χ2v) is 2.09. The molecule has 46 valence electrons. The van der Waals surface area contributed by atoms with Gasteiger partial charge in [-0.15, -0.1) is 0 Å². The van der Waals surface area contributed by atoms with Crippen molar-refractivity contribution in [3.63, 3.8) is 0 Å². The number of ether oxygens (including phenoxy) is 3. The quantitative estimate of drug-likeness (QED) is 0.449. The van der Waals surface area contributed by atoms with Crippen LogP contribution in [0.15, 0.2) is 0 Å². The minimum Gasteiger partial charge on any atom is -0.349 e. The summed E-state index contributed by atoms with van der Waals surface area (Å²) >= 11 is 0. The van der Waals surface area contributed by atoms with Gasteiger partial charge in [0.2, 0.25) is 0 Å². The van der Waals surface area contributed by atoms with E-state index in [4.69, 9.17) is 14.2 Å². The van der Waals surface area contributed by atoms with Crippen LogP contribution in [0.2, 0.25) is 0 Å². The molecule has 3 heteroatoms. The topological polar surface area (TPSA) is 27.7 Å². The monoisotopic (exact) mass is 116 g/mol. The zero-order chi connectivity index (χ0) is 5.40. The Morgan fingerprint density at radius 2 is 1.62 bits per heavy atom. The molecule has 0 bridgehead atoms. The van der Waals surface area contributed by atoms with Gasteiger partial charge in [0.1, 0.15) is 13.6 Å². The van der Waals surface area contributed by atoms with Crippen LogP contribution >= 0.6 is 0 Å². The molecule has 2 rings (SSSR count). The zero-order valence-corrected chi connectivity index (χ0v) is 4.50. The van der Waals surface area contributed by atoms with Gasteiger partial charge in [-0.25, -0.2) is 0 Å². The number of rotatable bonds is 0. The minimum atomic E-state index is 0.345. The van der Waals surface area contributed by atoms with Gasteiger partial charge >= 0.3 is 0 Å². The van der Waals surface area contributed by atoms with Crippen LogP contribution in [0.25, 0.3) is 0 Å². The smallest absolute Gasteiger partial charge is 0.150 e. The Bertz CT molecular complexity index is 83.7. The molecule has 0 amide bonds. The summed E-state index contributed by atoms with van der Waals surface area (Å²) in [7, 11) is 0. The van der Waals surface area contributed by atoms with Gasteiger partial charge in [0, 0.05) is 6.42 Å². The summed E-state index contributed by atoms with van der Waals surface area (Å²) in [4.78, 5) is 0. The normalized spacial score (nSPS) is 45.0. The molecule has 1 saturated heterocycles. The van der Waals surface area contributed by atoms with Gasteiger partial charge < -0.3 is 14.2 Å². The highest BCUT2D eigenvalue weighted by Crippen LogP contribution is 2.30. The van der Waals surface area contributed by atoms with E-state index in [9.17, 15) is 0 Å². The molecule has 0 aromatic carbocycles. The maximum atomic E-state index is 5.13. The maximum Gasteiger partial charge on any atom is 0.150 e. The van der Waals surface area contributed by atoms with E-state index in [-0.39, 0.29) is 0 Å². The third-order valence-electron chi connectivity index (χ3n) is 1.41. The summed E-state index contributed by atoms with van der Waals surface area (Å²) in [5.41, 5.74) is 0. The molecule has 0 N–H and O–H groups in total. The fourth-order valence-corrected chi connectivity index (χ4v) is 0.806. The molecular formula is C5H8O3. The summed E-state index contributed by atoms with van der Waals surface area (Å²) in [5.74, 6) is 0. The summed E-state index contributed by atoms with van der Waals surface area (Å²) in [5, 5.41) is 0. The molecule has 1 saturated carbocycles. The zero-order valence-electron chi connectivity index (χ0n) is 4.50. The van der Waals surface area contributed by atoms with Crippen molar-refractivity contribution in [2.45, 2.75) is 18.6 Å². The Hall–Kier alpha value is -0.120. The van der Waals surface area contributed by atoms with E-state index in [0.717, 1.165) is 6.42 Å². The molecule has 2 fully saturated rings. The van der Waals surface area contributed by atoms with Crippen molar-refractivity contribution in [1.29, 1.82) is 0 Å². The Kier molecular flexibility index (Phi) is 0.997. The van der Waals surface area contributed by atoms with Crippen molar-refractivity contribution in [2.75, 3.05) is 13.6 Å². The van der Waals surface area contributed by atoms with E-state index in [0.29, 0.717) is 25.8 Å². The second kappa shape index (κ2) is 1.69. The molecule has 0 aromatic heterocycles. The molecule has 2 atom stereocenters. The van der Waals surface area contributed by atoms with Crippen LogP contribution in [0, 0.1) is 0 Å². The third-order valence-corrected chi connectivity index (χ3v) is 1.41. The lowest BCUT2D eigenvalue weighted by Crippen LogP contribution is -1.98. The fraction of sp³-hybridized carbons (Fsp3) is 1.00. The van der Waals surface area contributed by atoms with E-state index < -0.39 is 0 Å². The lowest BCUT2D eigenvalue weighted by molar-refractivity contribution is -0.0989. The predicted octanol–water partition coefficient (Wildman–Crippen LogP) is 0.106. The van der Waals surface area contributed by atoms with Crippen LogP contribution in [-0.4, -0.2) is 25.8 Å².